The summed E-state index contributed by atoms with van der Waals surface area (Å²) in [5.41, 5.74) is 7.04. The summed E-state index contributed by atoms with van der Waals surface area (Å²) in [7, 11) is 0. The zero-order valence-corrected chi connectivity index (χ0v) is 23.5. The first kappa shape index (κ1) is 25.9. The van der Waals surface area contributed by atoms with Crippen molar-refractivity contribution in [3.05, 3.63) is 101 Å². The summed E-state index contributed by atoms with van der Waals surface area (Å²) >= 11 is 5.85. The second-order valence-corrected chi connectivity index (χ2v) is 10.5. The van der Waals surface area contributed by atoms with E-state index in [1.807, 2.05) is 67.6 Å². The summed E-state index contributed by atoms with van der Waals surface area (Å²) in [5.74, 6) is 1.44. The minimum atomic E-state index is -0.168. The maximum Gasteiger partial charge on any atom is 0.231 e. The quantitative estimate of drug-likeness (QED) is 0.292. The molecule has 0 aliphatic carbocycles. The lowest BCUT2D eigenvalue weighted by atomic mass is 9.96. The Morgan fingerprint density at radius 3 is 2.65 bits per heavy atom. The molecule has 1 amide bonds. The minimum Gasteiger partial charge on any atom is -0.454 e. The minimum absolute atomic E-state index is 0.0528. The fourth-order valence-corrected chi connectivity index (χ4v) is 5.97. The Morgan fingerprint density at radius 1 is 1.05 bits per heavy atom. The molecule has 2 atom stereocenters. The van der Waals surface area contributed by atoms with Gasteiger partial charge in [-0.05, 0) is 80.5 Å². The molecular formula is C31H31N5O3S. The number of anilines is 1. The van der Waals surface area contributed by atoms with Crippen LogP contribution in [0.1, 0.15) is 46.7 Å². The number of hydrogen-bond donors (Lipinski definition) is 2. The molecule has 8 nitrogen and oxygen atoms in total. The van der Waals surface area contributed by atoms with Gasteiger partial charge in [-0.2, -0.15) is 0 Å². The Hall–Kier alpha value is -4.37. The molecule has 6 rings (SSSR count). The van der Waals surface area contributed by atoms with Crippen molar-refractivity contribution in [3.63, 3.8) is 0 Å². The third-order valence-electron chi connectivity index (χ3n) is 7.60. The second-order valence-electron chi connectivity index (χ2n) is 10.1. The first-order valence-electron chi connectivity index (χ1n) is 13.3. The number of carbonyl (C=O) groups excluding carboxylic acids is 1. The van der Waals surface area contributed by atoms with E-state index in [1.165, 1.54) is 0 Å². The lowest BCUT2D eigenvalue weighted by Gasteiger charge is -2.28. The highest BCUT2D eigenvalue weighted by atomic mass is 32.1. The van der Waals surface area contributed by atoms with Crippen molar-refractivity contribution in [1.29, 1.82) is 0 Å². The van der Waals surface area contributed by atoms with E-state index in [0.717, 1.165) is 51.1 Å². The molecule has 0 bridgehead atoms. The van der Waals surface area contributed by atoms with Gasteiger partial charge in [0.25, 0.3) is 0 Å². The molecule has 0 unspecified atom stereocenters. The van der Waals surface area contributed by atoms with Crippen LogP contribution in [0.4, 0.5) is 5.69 Å². The van der Waals surface area contributed by atoms with Crippen molar-refractivity contribution in [2.24, 2.45) is 0 Å². The van der Waals surface area contributed by atoms with E-state index in [0.29, 0.717) is 18.1 Å². The molecule has 204 valence electrons. The third-order valence-corrected chi connectivity index (χ3v) is 7.95. The largest absolute Gasteiger partial charge is 0.454 e. The average molecular weight is 554 g/mol. The van der Waals surface area contributed by atoms with Crippen LogP contribution in [0, 0.1) is 20.8 Å². The van der Waals surface area contributed by atoms with Gasteiger partial charge in [0.1, 0.15) is 0 Å². The van der Waals surface area contributed by atoms with Crippen molar-refractivity contribution in [2.75, 3.05) is 18.7 Å². The fraction of sp³-hybridized carbons (Fsp3) is 0.258. The molecule has 2 aromatic carbocycles. The van der Waals surface area contributed by atoms with Crippen LogP contribution in [0.2, 0.25) is 0 Å². The zero-order chi connectivity index (χ0) is 27.8. The lowest BCUT2D eigenvalue weighted by molar-refractivity contribution is -0.116. The summed E-state index contributed by atoms with van der Waals surface area (Å²) in [6.45, 7) is 6.89. The van der Waals surface area contributed by atoms with Crippen LogP contribution < -0.4 is 20.1 Å². The van der Waals surface area contributed by atoms with Crippen molar-refractivity contribution in [1.82, 2.24) is 19.8 Å². The van der Waals surface area contributed by atoms with Crippen LogP contribution in [-0.4, -0.2) is 38.8 Å². The second kappa shape index (κ2) is 10.7. The van der Waals surface area contributed by atoms with E-state index in [4.69, 9.17) is 21.7 Å². The van der Waals surface area contributed by atoms with Crippen LogP contribution in [0.3, 0.4) is 0 Å². The van der Waals surface area contributed by atoms with E-state index < -0.39 is 0 Å². The highest BCUT2D eigenvalue weighted by molar-refractivity contribution is 7.80. The first-order valence-corrected chi connectivity index (χ1v) is 13.7. The van der Waals surface area contributed by atoms with Crippen LogP contribution in [0.5, 0.6) is 11.5 Å². The molecule has 0 spiro atoms. The SMILES string of the molecule is Cc1ccccc1NC(=O)CCN1C(=S)N[C@@H](c2ccccn2)[C@H]1c1cc(C)n(-c2ccc3c(c2)OCO3)c1C. The van der Waals surface area contributed by atoms with Crippen molar-refractivity contribution < 1.29 is 14.3 Å². The van der Waals surface area contributed by atoms with Crippen molar-refractivity contribution in [2.45, 2.75) is 39.3 Å². The molecule has 0 radical (unpaired) electrons. The van der Waals surface area contributed by atoms with Crippen LogP contribution in [0.15, 0.2) is 72.9 Å². The van der Waals surface area contributed by atoms with E-state index in [9.17, 15) is 4.79 Å². The molecule has 0 saturated carbocycles. The number of rotatable bonds is 7. The van der Waals surface area contributed by atoms with Gasteiger partial charge >= 0.3 is 0 Å². The van der Waals surface area contributed by atoms with Crippen LogP contribution in [-0.2, 0) is 4.79 Å². The molecule has 2 aliphatic heterocycles. The van der Waals surface area contributed by atoms with Crippen LogP contribution in [0.25, 0.3) is 5.69 Å². The lowest BCUT2D eigenvalue weighted by Crippen LogP contribution is -2.33. The predicted molar refractivity (Wildman–Crippen MR) is 158 cm³/mol. The Bertz CT molecular complexity index is 1590. The summed E-state index contributed by atoms with van der Waals surface area (Å²) < 4.78 is 13.4. The number of carbonyl (C=O) groups is 1. The summed E-state index contributed by atoms with van der Waals surface area (Å²) in [4.78, 5) is 19.8. The Kier molecular flexibility index (Phi) is 6.89. The number of nitrogens with one attached hydrogen (secondary N) is 2. The number of ether oxygens (including phenoxy) is 2. The normalized spacial score (nSPS) is 17.7. The molecule has 4 aromatic rings. The Morgan fingerprint density at radius 2 is 1.85 bits per heavy atom. The topological polar surface area (TPSA) is 80.7 Å². The van der Waals surface area contributed by atoms with Crippen LogP contribution >= 0.6 is 12.2 Å². The number of thiocarbonyl (C=S) groups is 1. The van der Waals surface area contributed by atoms with Crippen molar-refractivity contribution in [3.8, 4) is 17.2 Å². The van der Waals surface area contributed by atoms with E-state index in [1.54, 1.807) is 6.20 Å². The number of aromatic nitrogens is 2. The maximum absolute atomic E-state index is 13.0. The standard InChI is InChI=1S/C31H31N5O3S/c1-19-8-4-5-9-24(19)33-28(37)13-15-35-30(29(34-31(35)40)25-10-6-7-14-32-25)23-16-20(2)36(21(23)3)22-11-12-26-27(17-22)39-18-38-26/h4-12,14,16-17,29-30H,13,15,18H2,1-3H3,(H,33,37)(H,34,40)/t29-,30+/m0/s1. The van der Waals surface area contributed by atoms with Gasteiger partial charge in [-0.3, -0.25) is 9.78 Å². The molecular weight excluding hydrogens is 522 g/mol. The van der Waals surface area contributed by atoms with E-state index in [-0.39, 0.29) is 24.8 Å². The Labute approximate surface area is 238 Å². The number of amides is 1. The molecule has 4 heterocycles. The van der Waals surface area contributed by atoms with E-state index >= 15 is 0 Å². The zero-order valence-electron chi connectivity index (χ0n) is 22.7. The number of fused-ring (bicyclic) bond motifs is 1. The van der Waals surface area contributed by atoms with Gasteiger partial charge in [0.05, 0.1) is 17.8 Å². The smallest absolute Gasteiger partial charge is 0.231 e. The van der Waals surface area contributed by atoms with Gasteiger partial charge in [0.15, 0.2) is 16.6 Å². The van der Waals surface area contributed by atoms with E-state index in [2.05, 4.69) is 45.0 Å². The van der Waals surface area contributed by atoms with Gasteiger partial charge in [-0.25, -0.2) is 0 Å². The number of hydrogen-bond acceptors (Lipinski definition) is 5. The number of aryl methyl sites for hydroxylation is 2. The molecule has 9 heteroatoms. The molecule has 2 aliphatic rings. The average Bonchev–Trinajstić information content (AvgIpc) is 3.63. The molecule has 1 fully saturated rings. The summed E-state index contributed by atoms with van der Waals surface area (Å²) in [6.07, 6.45) is 2.09. The monoisotopic (exact) mass is 553 g/mol. The first-order chi connectivity index (χ1) is 19.4. The molecule has 1 saturated heterocycles. The highest BCUT2D eigenvalue weighted by Crippen LogP contribution is 2.42. The summed E-state index contributed by atoms with van der Waals surface area (Å²) in [5, 5.41) is 7.15. The molecule has 2 aromatic heterocycles. The molecule has 2 N–H and O–H groups in total. The van der Waals surface area contributed by atoms with Gasteiger partial charge in [0.2, 0.25) is 12.7 Å². The Balaban J connectivity index is 1.33. The third kappa shape index (κ3) is 4.77. The number of benzene rings is 2. The highest BCUT2D eigenvalue weighted by Gasteiger charge is 2.41. The van der Waals surface area contributed by atoms with Gasteiger partial charge in [0, 0.05) is 48.0 Å². The number of pyridine rings is 1. The van der Waals surface area contributed by atoms with Gasteiger partial charge < -0.3 is 29.6 Å². The number of para-hydroxylation sites is 1. The maximum atomic E-state index is 13.0. The van der Waals surface area contributed by atoms with Crippen molar-refractivity contribution >= 4 is 28.9 Å². The predicted octanol–water partition coefficient (Wildman–Crippen LogP) is 5.53. The fourth-order valence-electron chi connectivity index (χ4n) is 5.64. The van der Waals surface area contributed by atoms with Gasteiger partial charge in [-0.1, -0.05) is 24.3 Å². The number of nitrogens with zero attached hydrogens (tertiary/aromatic N) is 3. The molecule has 40 heavy (non-hydrogen) atoms. The summed E-state index contributed by atoms with van der Waals surface area (Å²) in [6, 6.07) is 21.6. The van der Waals surface area contributed by atoms with Gasteiger partial charge in [-0.15, -0.1) is 0 Å².